The van der Waals surface area contributed by atoms with Crippen LogP contribution in [0.2, 0.25) is 0 Å². The molecular weight excluding hydrogens is 342 g/mol. The van der Waals surface area contributed by atoms with Crippen molar-refractivity contribution in [1.29, 1.82) is 0 Å². The predicted octanol–water partition coefficient (Wildman–Crippen LogP) is 1.56. The maximum atomic E-state index is 12.2. The Morgan fingerprint density at radius 2 is 1.74 bits per heavy atom. The molecule has 0 saturated heterocycles. The predicted molar refractivity (Wildman–Crippen MR) is 104 cm³/mol. The van der Waals surface area contributed by atoms with Crippen LogP contribution >= 0.6 is 0 Å². The van der Waals surface area contributed by atoms with Gasteiger partial charge in [0, 0.05) is 6.42 Å². The van der Waals surface area contributed by atoms with E-state index in [1.54, 1.807) is 0 Å². The fourth-order valence-corrected chi connectivity index (χ4v) is 2.62. The van der Waals surface area contributed by atoms with Crippen LogP contribution in [0.4, 0.5) is 0 Å². The molecule has 2 amide bonds. The van der Waals surface area contributed by atoms with Crippen LogP contribution in [0.25, 0.3) is 0 Å². The van der Waals surface area contributed by atoms with Crippen LogP contribution in [0.1, 0.15) is 24.5 Å². The molecule has 2 aromatic carbocycles. The normalized spacial score (nSPS) is 16.8. The molecule has 27 heavy (non-hydrogen) atoms. The van der Waals surface area contributed by atoms with E-state index in [1.165, 1.54) is 0 Å². The molecule has 138 valence electrons. The average Bonchev–Trinajstić information content (AvgIpc) is 2.70. The first-order chi connectivity index (χ1) is 13.1. The van der Waals surface area contributed by atoms with Gasteiger partial charge in [-0.3, -0.25) is 25.4 Å². The maximum Gasteiger partial charge on any atom is 0.263 e. The number of carbonyl (C=O) groups is 2. The fraction of sp³-hybridized carbons (Fsp3) is 0.200. The van der Waals surface area contributed by atoms with Gasteiger partial charge in [0.05, 0.1) is 12.1 Å². The number of aliphatic imine (C=N–C) groups is 1. The second-order valence-corrected chi connectivity index (χ2v) is 6.17. The molecule has 0 saturated carbocycles. The van der Waals surface area contributed by atoms with E-state index in [0.717, 1.165) is 11.1 Å². The molecule has 7 nitrogen and oxygen atoms in total. The van der Waals surface area contributed by atoms with Crippen LogP contribution < -0.4 is 16.3 Å². The molecule has 1 aliphatic heterocycles. The van der Waals surface area contributed by atoms with Gasteiger partial charge < -0.3 is 0 Å². The van der Waals surface area contributed by atoms with Gasteiger partial charge >= 0.3 is 0 Å². The van der Waals surface area contributed by atoms with Crippen LogP contribution in [-0.2, 0) is 16.0 Å². The van der Waals surface area contributed by atoms with E-state index in [0.29, 0.717) is 18.0 Å². The Labute approximate surface area is 157 Å². The van der Waals surface area contributed by atoms with Crippen molar-refractivity contribution in [2.45, 2.75) is 25.8 Å². The van der Waals surface area contributed by atoms with Crippen LogP contribution in [0.15, 0.2) is 70.8 Å². The topological polar surface area (TPSA) is 94.9 Å². The van der Waals surface area contributed by atoms with Crippen molar-refractivity contribution in [2.24, 2.45) is 10.1 Å². The third-order valence-electron chi connectivity index (χ3n) is 4.08. The summed E-state index contributed by atoms with van der Waals surface area (Å²) in [6.07, 6.45) is 0.474. The van der Waals surface area contributed by atoms with Crippen LogP contribution in [0, 0.1) is 0 Å². The summed E-state index contributed by atoms with van der Waals surface area (Å²) in [5.74, 6) is -0.0940. The molecule has 1 atom stereocenters. The lowest BCUT2D eigenvalue weighted by atomic mass is 10.1. The molecule has 0 aromatic heterocycles. The molecule has 0 aliphatic carbocycles. The number of carbonyl (C=O) groups excluding carboxylic acids is 2. The van der Waals surface area contributed by atoms with Gasteiger partial charge in [-0.1, -0.05) is 60.7 Å². The molecule has 1 heterocycles. The number of benzene rings is 2. The average molecular weight is 363 g/mol. The van der Waals surface area contributed by atoms with Crippen molar-refractivity contribution in [2.75, 3.05) is 0 Å². The first-order valence-corrected chi connectivity index (χ1v) is 8.67. The van der Waals surface area contributed by atoms with Crippen LogP contribution in [0.5, 0.6) is 0 Å². The Hall–Kier alpha value is -3.48. The number of amidine groups is 1. The van der Waals surface area contributed by atoms with Crippen molar-refractivity contribution >= 4 is 23.4 Å². The number of hydrazone groups is 1. The molecule has 1 aliphatic rings. The van der Waals surface area contributed by atoms with Gasteiger partial charge in [0.25, 0.3) is 5.91 Å². The van der Waals surface area contributed by atoms with E-state index < -0.39 is 6.04 Å². The molecule has 0 unspecified atom stereocenters. The van der Waals surface area contributed by atoms with Gasteiger partial charge in [0.1, 0.15) is 11.9 Å². The minimum atomic E-state index is -0.780. The highest BCUT2D eigenvalue weighted by molar-refractivity contribution is 6.00. The van der Waals surface area contributed by atoms with Crippen molar-refractivity contribution in [1.82, 2.24) is 16.3 Å². The number of amides is 2. The van der Waals surface area contributed by atoms with Gasteiger partial charge in [-0.2, -0.15) is 5.10 Å². The van der Waals surface area contributed by atoms with Crippen LogP contribution in [0.3, 0.4) is 0 Å². The molecule has 3 rings (SSSR count). The number of hydrazine groups is 1. The summed E-state index contributed by atoms with van der Waals surface area (Å²) >= 11 is 0. The van der Waals surface area contributed by atoms with Gasteiger partial charge in [-0.25, -0.2) is 5.43 Å². The molecule has 2 aromatic rings. The Morgan fingerprint density at radius 3 is 2.44 bits per heavy atom. The number of rotatable bonds is 6. The number of hydrogen-bond acceptors (Lipinski definition) is 5. The smallest absolute Gasteiger partial charge is 0.263 e. The lowest BCUT2D eigenvalue weighted by molar-refractivity contribution is -0.128. The van der Waals surface area contributed by atoms with Gasteiger partial charge in [-0.05, 0) is 18.1 Å². The highest BCUT2D eigenvalue weighted by atomic mass is 16.2. The highest BCUT2D eigenvalue weighted by Crippen LogP contribution is 2.07. The standard InChI is InChI=1S/C20H21N5O2/c1-14(16-10-6-3-7-11-16)22-24-19(26)13-17-20(27)25-23-18(21-17)12-15-8-4-2-5-9-15/h2-11,17H,12-13H2,1H3,(H,21,23)(H,24,26)(H,25,27)/b22-14-/t17-/m0/s1. The lowest BCUT2D eigenvalue weighted by Crippen LogP contribution is -2.52. The summed E-state index contributed by atoms with van der Waals surface area (Å²) in [5, 5.41) is 4.09. The first-order valence-electron chi connectivity index (χ1n) is 8.67. The summed E-state index contributed by atoms with van der Waals surface area (Å²) in [6, 6.07) is 18.5. The molecule has 0 radical (unpaired) electrons. The van der Waals surface area contributed by atoms with Gasteiger partial charge in [0.15, 0.2) is 0 Å². The summed E-state index contributed by atoms with van der Waals surface area (Å²) in [5.41, 5.74) is 10.5. The zero-order valence-corrected chi connectivity index (χ0v) is 15.0. The number of nitrogens with one attached hydrogen (secondary N) is 3. The maximum absolute atomic E-state index is 12.2. The molecule has 7 heteroatoms. The van der Waals surface area contributed by atoms with E-state index >= 15 is 0 Å². The molecule has 0 bridgehead atoms. The SMILES string of the molecule is C/C(=N/NC(=O)C[C@@H]1N=C(Cc2ccccc2)NNC1=O)c1ccccc1. The number of nitrogens with zero attached hydrogens (tertiary/aromatic N) is 2. The molecule has 0 fully saturated rings. The molecule has 3 N–H and O–H groups in total. The Kier molecular flexibility index (Phi) is 5.94. The van der Waals surface area contributed by atoms with Crippen molar-refractivity contribution in [3.05, 3.63) is 71.8 Å². The zero-order chi connectivity index (χ0) is 19.1. The Bertz CT molecular complexity index is 862. The van der Waals surface area contributed by atoms with E-state index in [4.69, 9.17) is 0 Å². The molecule has 0 spiro atoms. The second kappa shape index (κ2) is 8.75. The third kappa shape index (κ3) is 5.24. The van der Waals surface area contributed by atoms with Gasteiger partial charge in [-0.15, -0.1) is 0 Å². The summed E-state index contributed by atoms with van der Waals surface area (Å²) in [4.78, 5) is 28.5. The van der Waals surface area contributed by atoms with E-state index in [1.807, 2.05) is 67.6 Å². The Morgan fingerprint density at radius 1 is 1.07 bits per heavy atom. The van der Waals surface area contributed by atoms with E-state index in [-0.39, 0.29) is 18.2 Å². The second-order valence-electron chi connectivity index (χ2n) is 6.17. The van der Waals surface area contributed by atoms with Crippen molar-refractivity contribution in [3.8, 4) is 0 Å². The minimum absolute atomic E-state index is 0.0721. The van der Waals surface area contributed by atoms with Crippen molar-refractivity contribution in [3.63, 3.8) is 0 Å². The minimum Gasteiger partial charge on any atom is -0.285 e. The molecular formula is C20H21N5O2. The fourth-order valence-electron chi connectivity index (χ4n) is 2.62. The summed E-state index contributed by atoms with van der Waals surface area (Å²) < 4.78 is 0. The lowest BCUT2D eigenvalue weighted by Gasteiger charge is -2.21. The first kappa shape index (κ1) is 18.3. The monoisotopic (exact) mass is 363 g/mol. The summed E-state index contributed by atoms with van der Waals surface area (Å²) in [6.45, 7) is 1.81. The number of hydrogen-bond donors (Lipinski definition) is 3. The van der Waals surface area contributed by atoms with Crippen molar-refractivity contribution < 1.29 is 9.59 Å². The summed E-state index contributed by atoms with van der Waals surface area (Å²) in [7, 11) is 0. The van der Waals surface area contributed by atoms with E-state index in [2.05, 4.69) is 26.4 Å². The Balaban J connectivity index is 1.60. The van der Waals surface area contributed by atoms with Crippen LogP contribution in [-0.4, -0.2) is 29.4 Å². The zero-order valence-electron chi connectivity index (χ0n) is 15.0. The third-order valence-corrected chi connectivity index (χ3v) is 4.08. The van der Waals surface area contributed by atoms with Gasteiger partial charge in [0.2, 0.25) is 5.91 Å². The largest absolute Gasteiger partial charge is 0.285 e. The van der Waals surface area contributed by atoms with E-state index in [9.17, 15) is 9.59 Å². The highest BCUT2D eigenvalue weighted by Gasteiger charge is 2.25. The quantitative estimate of drug-likeness (QED) is 0.537.